The van der Waals surface area contributed by atoms with Crippen molar-refractivity contribution in [2.24, 2.45) is 5.73 Å². The number of hydrogen-bond donors (Lipinski definition) is 3. The average molecular weight is 353 g/mol. The number of nitrogens with two attached hydrogens (primary N) is 2. The van der Waals surface area contributed by atoms with E-state index in [-0.39, 0.29) is 0 Å². The van der Waals surface area contributed by atoms with E-state index in [4.69, 9.17) is 16.5 Å². The number of anilines is 2. The van der Waals surface area contributed by atoms with Gasteiger partial charge in [-0.25, -0.2) is 9.97 Å². The van der Waals surface area contributed by atoms with Crippen molar-refractivity contribution in [2.75, 3.05) is 11.1 Å². The molecule has 0 saturated heterocycles. The van der Waals surface area contributed by atoms with Gasteiger partial charge in [0.25, 0.3) is 5.91 Å². The van der Waals surface area contributed by atoms with Gasteiger partial charge in [-0.05, 0) is 43.9 Å². The van der Waals surface area contributed by atoms with Crippen LogP contribution in [0.25, 0.3) is 21.5 Å². The summed E-state index contributed by atoms with van der Waals surface area (Å²) in [6.45, 7) is 4.13. The number of benzene rings is 1. The zero-order valence-corrected chi connectivity index (χ0v) is 14.9. The summed E-state index contributed by atoms with van der Waals surface area (Å²) in [5, 5.41) is 4.03. The lowest BCUT2D eigenvalue weighted by molar-refractivity contribution is 0.100. The van der Waals surface area contributed by atoms with Gasteiger partial charge in [0, 0.05) is 11.6 Å². The van der Waals surface area contributed by atoms with E-state index in [0.29, 0.717) is 32.8 Å². The third-order valence-corrected chi connectivity index (χ3v) is 5.62. The first-order valence-corrected chi connectivity index (χ1v) is 8.99. The molecule has 1 fully saturated rings. The topological polar surface area (TPSA) is 107 Å². The van der Waals surface area contributed by atoms with Gasteiger partial charge in [0.05, 0.1) is 16.8 Å². The number of primary amides is 1. The minimum Gasteiger partial charge on any atom is -0.397 e. The number of aryl methyl sites for hydroxylation is 2. The third kappa shape index (κ3) is 2.80. The van der Waals surface area contributed by atoms with Crippen molar-refractivity contribution in [1.29, 1.82) is 0 Å². The SMILES string of the molecule is Cc1ccc(-c2nc(NC3CC3)nc3sc(C(N)=O)c(N)c23)cc1C. The molecule has 0 bridgehead atoms. The van der Waals surface area contributed by atoms with Gasteiger partial charge in [0.1, 0.15) is 9.71 Å². The molecule has 25 heavy (non-hydrogen) atoms. The van der Waals surface area contributed by atoms with E-state index in [2.05, 4.69) is 36.3 Å². The van der Waals surface area contributed by atoms with Gasteiger partial charge in [-0.1, -0.05) is 12.1 Å². The van der Waals surface area contributed by atoms with Crippen LogP contribution in [0.5, 0.6) is 0 Å². The maximum atomic E-state index is 11.7. The van der Waals surface area contributed by atoms with Crippen LogP contribution in [0.3, 0.4) is 0 Å². The molecule has 2 heterocycles. The molecule has 3 aromatic rings. The zero-order chi connectivity index (χ0) is 17.7. The molecule has 1 aliphatic rings. The number of nitrogens with zero attached hydrogens (tertiary/aromatic N) is 2. The number of nitrogens with one attached hydrogen (secondary N) is 1. The third-order valence-electron chi connectivity index (χ3n) is 4.50. The van der Waals surface area contributed by atoms with Gasteiger partial charge in [-0.2, -0.15) is 0 Å². The zero-order valence-electron chi connectivity index (χ0n) is 14.1. The molecule has 128 valence electrons. The average Bonchev–Trinajstić information content (AvgIpc) is 3.31. The van der Waals surface area contributed by atoms with Crippen LogP contribution in [-0.4, -0.2) is 21.9 Å². The van der Waals surface area contributed by atoms with Crippen molar-refractivity contribution >= 4 is 39.1 Å². The fourth-order valence-electron chi connectivity index (χ4n) is 2.78. The molecule has 1 aromatic carbocycles. The van der Waals surface area contributed by atoms with Crippen LogP contribution >= 0.6 is 11.3 Å². The van der Waals surface area contributed by atoms with Crippen LogP contribution in [0.4, 0.5) is 11.6 Å². The predicted molar refractivity (Wildman–Crippen MR) is 102 cm³/mol. The van der Waals surface area contributed by atoms with Crippen molar-refractivity contribution in [2.45, 2.75) is 32.7 Å². The molecule has 0 atom stereocenters. The molecule has 0 radical (unpaired) electrons. The Bertz CT molecular complexity index is 1010. The Hall–Kier alpha value is -2.67. The minimum atomic E-state index is -0.539. The van der Waals surface area contributed by atoms with Gasteiger partial charge in [-0.15, -0.1) is 11.3 Å². The first kappa shape index (κ1) is 15.8. The maximum Gasteiger partial charge on any atom is 0.260 e. The summed E-state index contributed by atoms with van der Waals surface area (Å²) in [5.41, 5.74) is 16.1. The summed E-state index contributed by atoms with van der Waals surface area (Å²) in [4.78, 5) is 22.0. The number of nitrogen functional groups attached to an aromatic ring is 1. The Morgan fingerprint density at radius 2 is 2.00 bits per heavy atom. The number of rotatable bonds is 4. The highest BCUT2D eigenvalue weighted by Crippen LogP contribution is 2.39. The fourth-order valence-corrected chi connectivity index (χ4v) is 3.72. The second-order valence-electron chi connectivity index (χ2n) is 6.50. The lowest BCUT2D eigenvalue weighted by Crippen LogP contribution is -2.10. The monoisotopic (exact) mass is 353 g/mol. The molecule has 4 rings (SSSR count). The molecule has 6 nitrogen and oxygen atoms in total. The Kier molecular flexibility index (Phi) is 3.61. The molecular formula is C18H19N5OS. The number of fused-ring (bicyclic) bond motifs is 1. The lowest BCUT2D eigenvalue weighted by atomic mass is 10.0. The van der Waals surface area contributed by atoms with Crippen LogP contribution < -0.4 is 16.8 Å². The van der Waals surface area contributed by atoms with Gasteiger partial charge in [0.15, 0.2) is 0 Å². The highest BCUT2D eigenvalue weighted by molar-refractivity contribution is 7.21. The molecule has 1 saturated carbocycles. The Morgan fingerprint density at radius 1 is 1.24 bits per heavy atom. The van der Waals surface area contributed by atoms with Crippen LogP contribution in [-0.2, 0) is 0 Å². The summed E-state index contributed by atoms with van der Waals surface area (Å²) in [7, 11) is 0. The largest absolute Gasteiger partial charge is 0.397 e. The predicted octanol–water partition coefficient (Wildman–Crippen LogP) is 3.23. The van der Waals surface area contributed by atoms with Crippen LogP contribution in [0.1, 0.15) is 33.6 Å². The molecule has 0 unspecified atom stereocenters. The summed E-state index contributed by atoms with van der Waals surface area (Å²) in [6, 6.07) is 6.59. The molecular weight excluding hydrogens is 334 g/mol. The molecule has 2 aromatic heterocycles. The first-order valence-electron chi connectivity index (χ1n) is 8.18. The van der Waals surface area contributed by atoms with Crippen molar-refractivity contribution in [3.63, 3.8) is 0 Å². The summed E-state index contributed by atoms with van der Waals surface area (Å²) >= 11 is 1.22. The van der Waals surface area contributed by atoms with Gasteiger partial charge in [-0.3, -0.25) is 4.79 Å². The molecule has 1 aliphatic carbocycles. The van der Waals surface area contributed by atoms with Gasteiger partial charge < -0.3 is 16.8 Å². The number of hydrogen-bond acceptors (Lipinski definition) is 6. The van der Waals surface area contributed by atoms with Crippen LogP contribution in [0.2, 0.25) is 0 Å². The van der Waals surface area contributed by atoms with Crippen molar-refractivity contribution < 1.29 is 4.79 Å². The highest BCUT2D eigenvalue weighted by atomic mass is 32.1. The Balaban J connectivity index is 1.97. The van der Waals surface area contributed by atoms with E-state index in [0.717, 1.165) is 24.1 Å². The smallest absolute Gasteiger partial charge is 0.260 e. The number of thiophene rings is 1. The number of amides is 1. The van der Waals surface area contributed by atoms with E-state index < -0.39 is 5.91 Å². The van der Waals surface area contributed by atoms with Gasteiger partial charge in [0.2, 0.25) is 5.95 Å². The van der Waals surface area contributed by atoms with E-state index >= 15 is 0 Å². The van der Waals surface area contributed by atoms with Crippen molar-refractivity contribution in [1.82, 2.24) is 9.97 Å². The second-order valence-corrected chi connectivity index (χ2v) is 7.50. The van der Waals surface area contributed by atoms with E-state index in [1.807, 2.05) is 6.07 Å². The molecule has 5 N–H and O–H groups in total. The van der Waals surface area contributed by atoms with Crippen LogP contribution in [0.15, 0.2) is 18.2 Å². The van der Waals surface area contributed by atoms with E-state index in [1.54, 1.807) is 0 Å². The summed E-state index contributed by atoms with van der Waals surface area (Å²) in [5.74, 6) is 0.0312. The quantitative estimate of drug-likeness (QED) is 0.667. The summed E-state index contributed by atoms with van der Waals surface area (Å²) < 4.78 is 0. The lowest BCUT2D eigenvalue weighted by Gasteiger charge is -2.10. The van der Waals surface area contributed by atoms with Crippen molar-refractivity contribution in [3.8, 4) is 11.3 Å². The number of carbonyl (C=O) groups is 1. The van der Waals surface area contributed by atoms with Gasteiger partial charge >= 0.3 is 0 Å². The number of carbonyl (C=O) groups excluding carboxylic acids is 1. The minimum absolute atomic E-state index is 0.331. The number of aromatic nitrogens is 2. The van der Waals surface area contributed by atoms with Crippen LogP contribution in [0, 0.1) is 13.8 Å². The Morgan fingerprint density at radius 3 is 2.64 bits per heavy atom. The highest BCUT2D eigenvalue weighted by Gasteiger charge is 2.25. The first-order chi connectivity index (χ1) is 11.9. The molecule has 1 amide bonds. The summed E-state index contributed by atoms with van der Waals surface area (Å²) in [6.07, 6.45) is 2.25. The molecule has 0 spiro atoms. The Labute approximate surface area is 149 Å². The van der Waals surface area contributed by atoms with E-state index in [9.17, 15) is 4.79 Å². The molecule has 7 heteroatoms. The van der Waals surface area contributed by atoms with Crippen molar-refractivity contribution in [3.05, 3.63) is 34.2 Å². The van der Waals surface area contributed by atoms with E-state index in [1.165, 1.54) is 22.5 Å². The fraction of sp³-hybridized carbons (Fsp3) is 0.278. The normalized spacial score (nSPS) is 14.0. The second kappa shape index (κ2) is 5.70. The molecule has 0 aliphatic heterocycles. The standard InChI is InChI=1S/C18H19N5OS/c1-8-3-4-10(7-9(8)2)14-12-13(19)15(16(20)24)25-17(12)23-18(22-14)21-11-5-6-11/h3-4,7,11H,5-6,19H2,1-2H3,(H2,20,24)(H,21,22,23). The maximum absolute atomic E-state index is 11.7.